The Morgan fingerprint density at radius 1 is 1.21 bits per heavy atom. The van der Waals surface area contributed by atoms with Crippen LogP contribution >= 0.6 is 15.9 Å². The van der Waals surface area contributed by atoms with E-state index >= 15 is 0 Å². The Labute approximate surface area is 232 Å². The number of likely N-dealkylation sites (tertiary alicyclic amines) is 1. The number of hydrogen-bond donors (Lipinski definition) is 3. The molecule has 1 saturated carbocycles. The molecule has 1 aromatic carbocycles. The van der Waals surface area contributed by atoms with E-state index in [9.17, 15) is 32.3 Å². The van der Waals surface area contributed by atoms with Crippen molar-refractivity contribution in [2.75, 3.05) is 25.0 Å². The Morgan fingerprint density at radius 3 is 2.51 bits per heavy atom. The fourth-order valence-corrected chi connectivity index (χ4v) is 6.71. The van der Waals surface area contributed by atoms with Crippen molar-refractivity contribution < 1.29 is 32.3 Å². The van der Waals surface area contributed by atoms with Gasteiger partial charge in [0.2, 0.25) is 0 Å². The molecule has 0 bridgehead atoms. The number of H-pyrrole nitrogens is 1. The fourth-order valence-electron chi connectivity index (χ4n) is 6.18. The molecule has 1 saturated heterocycles. The molecule has 0 atom stereocenters. The van der Waals surface area contributed by atoms with E-state index in [1.54, 1.807) is 0 Å². The molecule has 39 heavy (non-hydrogen) atoms. The van der Waals surface area contributed by atoms with Gasteiger partial charge in [0.05, 0.1) is 33.7 Å². The predicted molar refractivity (Wildman–Crippen MR) is 143 cm³/mol. The van der Waals surface area contributed by atoms with E-state index in [0.29, 0.717) is 32.2 Å². The summed E-state index contributed by atoms with van der Waals surface area (Å²) in [5.41, 5.74) is -2.66. The Bertz CT molecular complexity index is 1340. The third kappa shape index (κ3) is 5.58. The van der Waals surface area contributed by atoms with Crippen LogP contribution in [0.4, 0.5) is 23.2 Å². The minimum absolute atomic E-state index is 0.0485. The average molecular weight is 612 g/mol. The second kappa shape index (κ2) is 10.5. The van der Waals surface area contributed by atoms with Crippen LogP contribution in [0, 0.1) is 18.7 Å². The molecule has 1 amide bonds. The minimum atomic E-state index is -4.88. The number of aromatic nitrogens is 1. The lowest BCUT2D eigenvalue weighted by Crippen LogP contribution is -2.47. The summed E-state index contributed by atoms with van der Waals surface area (Å²) in [5, 5.41) is 13.7. The van der Waals surface area contributed by atoms with Gasteiger partial charge in [0, 0.05) is 28.2 Å². The topological polar surface area (TPSA) is 85.4 Å². The number of fused-ring (bicyclic) bond motifs is 1. The molecule has 2 aliphatic heterocycles. The SMILES string of the molecule is Cc1[nH]c(/C=C2\C(=O)Nc3c(Br)cc(F)cc32)c(C(F)(F)F)c1C(=O)C1CCC(O)(CN2CCCCC2)CC1. The molecule has 210 valence electrons. The van der Waals surface area contributed by atoms with Crippen LogP contribution in [0.3, 0.4) is 0 Å². The zero-order chi connectivity index (χ0) is 28.1. The number of anilines is 1. The highest BCUT2D eigenvalue weighted by molar-refractivity contribution is 9.10. The number of β-amino-alcohol motifs (C(OH)–C–C–N with tert-alkyl or cyclic N) is 1. The number of carbonyl (C=O) groups excluding carboxylic acids is 2. The Kier molecular flexibility index (Phi) is 7.54. The summed E-state index contributed by atoms with van der Waals surface area (Å²) in [6.07, 6.45) is 0.773. The normalized spacial score (nSPS) is 25.2. The number of aromatic amines is 1. The maximum absolute atomic E-state index is 14.4. The van der Waals surface area contributed by atoms with E-state index in [0.717, 1.165) is 44.1 Å². The van der Waals surface area contributed by atoms with Gasteiger partial charge in [-0.2, -0.15) is 13.2 Å². The molecule has 6 nitrogen and oxygen atoms in total. The second-order valence-electron chi connectivity index (χ2n) is 10.9. The maximum atomic E-state index is 14.4. The molecular weight excluding hydrogens is 582 g/mol. The van der Waals surface area contributed by atoms with Gasteiger partial charge in [-0.25, -0.2) is 4.39 Å². The Balaban J connectivity index is 1.43. The standard InChI is InChI=1S/C28H30BrF4N3O3/c1-15-22(25(37)16-5-7-27(39,8-6-16)14-36-9-3-2-4-10-36)23(28(31,32)33)21(34-15)13-19-18-11-17(30)12-20(29)24(18)35-26(19)38/h11-13,16,34,39H,2-10,14H2,1H3,(H,35,38)/b19-13-. The number of alkyl halides is 3. The van der Waals surface area contributed by atoms with E-state index in [4.69, 9.17) is 0 Å². The first-order valence-electron chi connectivity index (χ1n) is 13.2. The van der Waals surface area contributed by atoms with Crippen LogP contribution in [-0.2, 0) is 11.0 Å². The fraction of sp³-hybridized carbons (Fsp3) is 0.500. The molecule has 0 radical (unpaired) electrons. The molecule has 2 fully saturated rings. The lowest BCUT2D eigenvalue weighted by Gasteiger charge is -2.40. The molecular formula is C28H30BrF4N3O3. The summed E-state index contributed by atoms with van der Waals surface area (Å²) >= 11 is 3.16. The third-order valence-corrected chi connectivity index (χ3v) is 8.74. The number of ketones is 1. The van der Waals surface area contributed by atoms with E-state index in [2.05, 4.69) is 31.1 Å². The van der Waals surface area contributed by atoms with Gasteiger partial charge in [0.15, 0.2) is 5.78 Å². The lowest BCUT2D eigenvalue weighted by atomic mass is 9.75. The number of Topliss-reactive ketones (excluding diaryl/α,β-unsaturated/α-hetero) is 1. The van der Waals surface area contributed by atoms with Crippen LogP contribution < -0.4 is 5.32 Å². The summed E-state index contributed by atoms with van der Waals surface area (Å²) < 4.78 is 57.6. The summed E-state index contributed by atoms with van der Waals surface area (Å²) in [4.78, 5) is 31.0. The number of nitrogens with zero attached hydrogens (tertiary/aromatic N) is 1. The quantitative estimate of drug-likeness (QED) is 0.210. The van der Waals surface area contributed by atoms with Gasteiger partial charge in [-0.15, -0.1) is 0 Å². The number of amides is 1. The number of rotatable bonds is 5. The smallest absolute Gasteiger partial charge is 0.389 e. The van der Waals surface area contributed by atoms with Gasteiger partial charge in [0.25, 0.3) is 5.91 Å². The first-order valence-corrected chi connectivity index (χ1v) is 14.0. The van der Waals surface area contributed by atoms with E-state index in [1.807, 2.05) is 0 Å². The molecule has 0 unspecified atom stereocenters. The highest BCUT2D eigenvalue weighted by Gasteiger charge is 2.44. The molecule has 3 heterocycles. The number of nitrogens with one attached hydrogen (secondary N) is 2. The van der Waals surface area contributed by atoms with Crippen LogP contribution in [0.25, 0.3) is 11.6 Å². The van der Waals surface area contributed by atoms with Crippen LogP contribution in [0.2, 0.25) is 0 Å². The summed E-state index contributed by atoms with van der Waals surface area (Å²) in [6.45, 7) is 3.76. The van der Waals surface area contributed by atoms with Crippen molar-refractivity contribution >= 4 is 45.0 Å². The number of benzene rings is 1. The molecule has 3 aliphatic rings. The van der Waals surface area contributed by atoms with Gasteiger partial charge in [0.1, 0.15) is 5.82 Å². The predicted octanol–water partition coefficient (Wildman–Crippen LogP) is 6.33. The van der Waals surface area contributed by atoms with Crippen LogP contribution in [-0.4, -0.2) is 51.9 Å². The van der Waals surface area contributed by atoms with Crippen molar-refractivity contribution in [1.82, 2.24) is 9.88 Å². The van der Waals surface area contributed by atoms with Gasteiger partial charge < -0.3 is 20.3 Å². The van der Waals surface area contributed by atoms with Gasteiger partial charge in [-0.3, -0.25) is 9.59 Å². The molecule has 3 N–H and O–H groups in total. The molecule has 11 heteroatoms. The second-order valence-corrected chi connectivity index (χ2v) is 11.8. The lowest BCUT2D eigenvalue weighted by molar-refractivity contribution is -0.138. The summed E-state index contributed by atoms with van der Waals surface area (Å²) in [5.74, 6) is -2.60. The van der Waals surface area contributed by atoms with Gasteiger partial charge >= 0.3 is 6.18 Å². The molecule has 1 aliphatic carbocycles. The number of aryl methyl sites for hydroxylation is 1. The minimum Gasteiger partial charge on any atom is -0.389 e. The first-order chi connectivity index (χ1) is 18.4. The molecule has 0 spiro atoms. The van der Waals surface area contributed by atoms with Crippen molar-refractivity contribution in [3.05, 3.63) is 50.5 Å². The number of aliphatic hydroxyl groups is 1. The molecule has 2 aromatic rings. The zero-order valence-electron chi connectivity index (χ0n) is 21.5. The Morgan fingerprint density at radius 2 is 1.87 bits per heavy atom. The monoisotopic (exact) mass is 611 g/mol. The van der Waals surface area contributed by atoms with Crippen LogP contribution in [0.15, 0.2) is 16.6 Å². The molecule has 1 aromatic heterocycles. The zero-order valence-corrected chi connectivity index (χ0v) is 23.1. The Hall–Kier alpha value is -2.50. The van der Waals surface area contributed by atoms with Crippen molar-refractivity contribution in [3.8, 4) is 0 Å². The van der Waals surface area contributed by atoms with Crippen molar-refractivity contribution in [3.63, 3.8) is 0 Å². The summed E-state index contributed by atoms with van der Waals surface area (Å²) in [7, 11) is 0. The van der Waals surface area contributed by atoms with Gasteiger partial charge in [-0.05, 0) is 92.7 Å². The van der Waals surface area contributed by atoms with E-state index in [-0.39, 0.29) is 27.0 Å². The average Bonchev–Trinajstić information content (AvgIpc) is 3.36. The van der Waals surface area contributed by atoms with Crippen LogP contribution in [0.5, 0.6) is 0 Å². The van der Waals surface area contributed by atoms with Crippen LogP contribution in [0.1, 0.15) is 77.8 Å². The first kappa shape index (κ1) is 28.0. The maximum Gasteiger partial charge on any atom is 0.419 e. The number of carbonyl (C=O) groups is 2. The largest absolute Gasteiger partial charge is 0.419 e. The van der Waals surface area contributed by atoms with E-state index < -0.39 is 52.0 Å². The summed E-state index contributed by atoms with van der Waals surface area (Å²) in [6, 6.07) is 2.22. The van der Waals surface area contributed by atoms with Crippen molar-refractivity contribution in [2.24, 2.45) is 5.92 Å². The number of piperidine rings is 1. The highest BCUT2D eigenvalue weighted by Crippen LogP contribution is 2.44. The number of hydrogen-bond acceptors (Lipinski definition) is 4. The highest BCUT2D eigenvalue weighted by atomic mass is 79.9. The molecule has 5 rings (SSSR count). The van der Waals surface area contributed by atoms with Crippen molar-refractivity contribution in [1.29, 1.82) is 0 Å². The van der Waals surface area contributed by atoms with Gasteiger partial charge in [-0.1, -0.05) is 6.42 Å². The van der Waals surface area contributed by atoms with Crippen molar-refractivity contribution in [2.45, 2.75) is 63.6 Å². The third-order valence-electron chi connectivity index (χ3n) is 8.12. The number of halogens is 5. The van der Waals surface area contributed by atoms with E-state index in [1.165, 1.54) is 13.3 Å².